The number of aromatic nitrogens is 2. The summed E-state index contributed by atoms with van der Waals surface area (Å²) in [5, 5.41) is 8.83. The summed E-state index contributed by atoms with van der Waals surface area (Å²) in [7, 11) is 1.50. The number of hydrogen-bond acceptors (Lipinski definition) is 4. The molecule has 0 atom stereocenters. The van der Waals surface area contributed by atoms with Crippen molar-refractivity contribution in [2.24, 2.45) is 23.5 Å². The minimum atomic E-state index is -0.454. The van der Waals surface area contributed by atoms with Crippen LogP contribution in [0.1, 0.15) is 5.69 Å². The van der Waals surface area contributed by atoms with Crippen LogP contribution in [0, 0.1) is 0 Å². The fourth-order valence-electron chi connectivity index (χ4n) is 0.904. The van der Waals surface area contributed by atoms with Crippen molar-refractivity contribution in [3.8, 4) is 0 Å². The van der Waals surface area contributed by atoms with E-state index in [1.165, 1.54) is 17.8 Å². The van der Waals surface area contributed by atoms with Crippen LogP contribution in [0.15, 0.2) is 16.0 Å². The van der Waals surface area contributed by atoms with E-state index < -0.39 is 5.56 Å². The maximum absolute atomic E-state index is 11.5. The summed E-state index contributed by atoms with van der Waals surface area (Å²) in [6, 6.07) is 0. The van der Waals surface area contributed by atoms with Crippen LogP contribution in [-0.4, -0.2) is 20.6 Å². The zero-order valence-electron chi connectivity index (χ0n) is 7.64. The molecular weight excluding hydrogens is 186 g/mol. The molecule has 0 aliphatic rings. The fourth-order valence-corrected chi connectivity index (χ4v) is 0.904. The molecule has 1 rings (SSSR count). The van der Waals surface area contributed by atoms with Gasteiger partial charge in [-0.25, -0.2) is 4.98 Å². The van der Waals surface area contributed by atoms with Crippen molar-refractivity contribution in [3.63, 3.8) is 0 Å². The lowest BCUT2D eigenvalue weighted by molar-refractivity contribution is 0.270. The number of hydrogen-bond donors (Lipinski definition) is 3. The van der Waals surface area contributed by atoms with Gasteiger partial charge >= 0.3 is 0 Å². The molecule has 7 nitrogen and oxygen atoms in total. The number of aliphatic hydroxyl groups is 1. The van der Waals surface area contributed by atoms with Gasteiger partial charge in [0.15, 0.2) is 5.96 Å². The van der Waals surface area contributed by atoms with Crippen molar-refractivity contribution in [3.05, 3.63) is 22.2 Å². The molecule has 1 aromatic heterocycles. The molecule has 0 bridgehead atoms. The molecule has 0 radical (unpaired) electrons. The Kier molecular flexibility index (Phi) is 2.82. The van der Waals surface area contributed by atoms with Gasteiger partial charge in [0.1, 0.15) is 0 Å². The quantitative estimate of drug-likeness (QED) is 0.381. The molecular formula is C7H11N5O2. The molecule has 0 saturated heterocycles. The summed E-state index contributed by atoms with van der Waals surface area (Å²) >= 11 is 0. The van der Waals surface area contributed by atoms with Gasteiger partial charge in [-0.3, -0.25) is 4.79 Å². The first kappa shape index (κ1) is 10.2. The van der Waals surface area contributed by atoms with Crippen LogP contribution in [-0.2, 0) is 13.7 Å². The number of aliphatic hydroxyl groups excluding tert-OH is 1. The van der Waals surface area contributed by atoms with E-state index in [0.29, 0.717) is 5.69 Å². The van der Waals surface area contributed by atoms with E-state index in [1.807, 2.05) is 0 Å². The average molecular weight is 197 g/mol. The maximum atomic E-state index is 11.5. The van der Waals surface area contributed by atoms with E-state index >= 15 is 0 Å². The Bertz CT molecular complexity index is 419. The SMILES string of the molecule is Cn1c(CO)cnc(N=C(N)N)c1=O. The predicted octanol–water partition coefficient (Wildman–Crippen LogP) is -1.82. The molecule has 76 valence electrons. The predicted molar refractivity (Wildman–Crippen MR) is 50.9 cm³/mol. The molecule has 0 aliphatic heterocycles. The third kappa shape index (κ3) is 1.88. The smallest absolute Gasteiger partial charge is 0.295 e. The van der Waals surface area contributed by atoms with Crippen LogP contribution in [0.4, 0.5) is 5.82 Å². The van der Waals surface area contributed by atoms with Gasteiger partial charge < -0.3 is 21.1 Å². The van der Waals surface area contributed by atoms with Gasteiger partial charge in [0.2, 0.25) is 5.82 Å². The van der Waals surface area contributed by atoms with E-state index in [0.717, 1.165) is 0 Å². The van der Waals surface area contributed by atoms with E-state index in [9.17, 15) is 4.79 Å². The molecule has 1 aromatic rings. The molecule has 0 aromatic carbocycles. The minimum absolute atomic E-state index is 0.0929. The van der Waals surface area contributed by atoms with Crippen molar-refractivity contribution in [2.75, 3.05) is 0 Å². The number of rotatable bonds is 2. The molecule has 0 unspecified atom stereocenters. The number of aliphatic imine (C=N–C) groups is 1. The largest absolute Gasteiger partial charge is 0.390 e. The third-order valence-electron chi connectivity index (χ3n) is 1.66. The Morgan fingerprint density at radius 3 is 2.86 bits per heavy atom. The topological polar surface area (TPSA) is 120 Å². The molecule has 0 aliphatic carbocycles. The fraction of sp³-hybridized carbons (Fsp3) is 0.286. The van der Waals surface area contributed by atoms with Crippen molar-refractivity contribution in [1.82, 2.24) is 9.55 Å². The second-order valence-corrected chi connectivity index (χ2v) is 2.63. The molecule has 5 N–H and O–H groups in total. The highest BCUT2D eigenvalue weighted by atomic mass is 16.3. The van der Waals surface area contributed by atoms with Gasteiger partial charge in [0.05, 0.1) is 18.5 Å². The first-order chi connectivity index (χ1) is 6.56. The number of nitrogens with two attached hydrogens (primary N) is 2. The molecule has 14 heavy (non-hydrogen) atoms. The highest BCUT2D eigenvalue weighted by Gasteiger charge is 2.05. The average Bonchev–Trinajstić information content (AvgIpc) is 2.13. The van der Waals surface area contributed by atoms with Crippen molar-refractivity contribution < 1.29 is 5.11 Å². The molecule has 0 spiro atoms. The summed E-state index contributed by atoms with van der Waals surface area (Å²) in [4.78, 5) is 18.7. The van der Waals surface area contributed by atoms with Crippen LogP contribution in [0.25, 0.3) is 0 Å². The van der Waals surface area contributed by atoms with Gasteiger partial charge in [-0.1, -0.05) is 0 Å². The summed E-state index contributed by atoms with van der Waals surface area (Å²) in [5.74, 6) is -0.323. The molecule has 0 amide bonds. The standard InChI is InChI=1S/C7H11N5O2/c1-12-4(3-13)2-10-5(6(12)14)11-7(8)9/h2,13H,3H2,1H3,(H4,8,9,10,11). The Labute approximate surface area is 79.7 Å². The second-order valence-electron chi connectivity index (χ2n) is 2.63. The van der Waals surface area contributed by atoms with Crippen molar-refractivity contribution in [2.45, 2.75) is 6.61 Å². The van der Waals surface area contributed by atoms with Gasteiger partial charge in [0.25, 0.3) is 5.56 Å². The van der Waals surface area contributed by atoms with Crippen LogP contribution >= 0.6 is 0 Å². The van der Waals surface area contributed by atoms with E-state index in [1.54, 1.807) is 0 Å². The van der Waals surface area contributed by atoms with Crippen LogP contribution < -0.4 is 17.0 Å². The summed E-state index contributed by atoms with van der Waals surface area (Å²) in [6.45, 7) is -0.263. The first-order valence-corrected chi connectivity index (χ1v) is 3.81. The van der Waals surface area contributed by atoms with Crippen molar-refractivity contribution in [1.29, 1.82) is 0 Å². The zero-order chi connectivity index (χ0) is 10.7. The minimum Gasteiger partial charge on any atom is -0.390 e. The Hall–Kier alpha value is -1.89. The van der Waals surface area contributed by atoms with E-state index in [2.05, 4.69) is 9.98 Å². The highest BCUT2D eigenvalue weighted by Crippen LogP contribution is 2.00. The maximum Gasteiger partial charge on any atom is 0.295 e. The van der Waals surface area contributed by atoms with Gasteiger partial charge in [-0.2, -0.15) is 4.99 Å². The second kappa shape index (κ2) is 3.88. The summed E-state index contributed by atoms with van der Waals surface area (Å²) < 4.78 is 1.23. The normalized spacial score (nSPS) is 9.86. The number of nitrogens with zero attached hydrogens (tertiary/aromatic N) is 3. The van der Waals surface area contributed by atoms with Gasteiger partial charge in [-0.05, 0) is 0 Å². The Morgan fingerprint density at radius 2 is 2.36 bits per heavy atom. The summed E-state index contributed by atoms with van der Waals surface area (Å²) in [5.41, 5.74) is 10.1. The zero-order valence-corrected chi connectivity index (χ0v) is 7.64. The van der Waals surface area contributed by atoms with Crippen molar-refractivity contribution >= 4 is 11.8 Å². The molecule has 7 heteroatoms. The molecule has 0 saturated carbocycles. The summed E-state index contributed by atoms with van der Waals surface area (Å²) in [6.07, 6.45) is 1.34. The van der Waals surface area contributed by atoms with Gasteiger partial charge in [-0.15, -0.1) is 0 Å². The van der Waals surface area contributed by atoms with Gasteiger partial charge in [0, 0.05) is 7.05 Å². The Morgan fingerprint density at radius 1 is 1.71 bits per heavy atom. The lowest BCUT2D eigenvalue weighted by Gasteiger charge is -2.04. The first-order valence-electron chi connectivity index (χ1n) is 3.81. The van der Waals surface area contributed by atoms with Crippen LogP contribution in [0.5, 0.6) is 0 Å². The highest BCUT2D eigenvalue weighted by molar-refractivity contribution is 5.78. The lowest BCUT2D eigenvalue weighted by atomic mass is 10.4. The molecule has 1 heterocycles. The molecule has 0 fully saturated rings. The lowest BCUT2D eigenvalue weighted by Crippen LogP contribution is -2.25. The number of guanidine groups is 1. The van der Waals surface area contributed by atoms with E-state index in [-0.39, 0.29) is 18.4 Å². The monoisotopic (exact) mass is 197 g/mol. The third-order valence-corrected chi connectivity index (χ3v) is 1.66. The van der Waals surface area contributed by atoms with Crippen LogP contribution in [0.3, 0.4) is 0 Å². The van der Waals surface area contributed by atoms with E-state index in [4.69, 9.17) is 16.6 Å². The Balaban J connectivity index is 3.32. The van der Waals surface area contributed by atoms with Crippen LogP contribution in [0.2, 0.25) is 0 Å².